The molecule has 0 spiro atoms. The van der Waals surface area contributed by atoms with Gasteiger partial charge in [0.25, 0.3) is 0 Å². The Morgan fingerprint density at radius 2 is 2.38 bits per heavy atom. The summed E-state index contributed by atoms with van der Waals surface area (Å²) in [6.45, 7) is 1.98. The van der Waals surface area contributed by atoms with E-state index >= 15 is 0 Å². The predicted molar refractivity (Wildman–Crippen MR) is 54.4 cm³/mol. The van der Waals surface area contributed by atoms with Gasteiger partial charge in [0.1, 0.15) is 0 Å². The predicted octanol–water partition coefficient (Wildman–Crippen LogP) is 2.59. The van der Waals surface area contributed by atoms with Crippen LogP contribution in [0.2, 0.25) is 0 Å². The minimum atomic E-state index is 0.908. The van der Waals surface area contributed by atoms with Crippen LogP contribution in [0.3, 0.4) is 0 Å². The number of nitrogens with zero attached hydrogens (tertiary/aromatic N) is 2. The first-order valence-electron chi connectivity index (χ1n) is 3.94. The molecule has 0 saturated heterocycles. The average Bonchev–Trinajstić information content (AvgIpc) is 2.53. The van der Waals surface area contributed by atoms with Crippen molar-refractivity contribution in [2.45, 2.75) is 6.92 Å². The summed E-state index contributed by atoms with van der Waals surface area (Å²) in [6, 6.07) is 3.85. The van der Waals surface area contributed by atoms with Crippen molar-refractivity contribution in [3.05, 3.63) is 35.6 Å². The number of aryl methyl sites for hydroxylation is 1. The molecule has 13 heavy (non-hydrogen) atoms. The Hall–Kier alpha value is -1.42. The number of rotatable bonds is 2. The molecular formula is C9H9N3S. The van der Waals surface area contributed by atoms with E-state index in [0.717, 1.165) is 16.5 Å². The van der Waals surface area contributed by atoms with E-state index in [-0.39, 0.29) is 0 Å². The fourth-order valence-electron chi connectivity index (χ4n) is 0.972. The van der Waals surface area contributed by atoms with Crippen molar-refractivity contribution >= 4 is 22.2 Å². The third kappa shape index (κ3) is 2.03. The van der Waals surface area contributed by atoms with Gasteiger partial charge in [0.05, 0.1) is 17.6 Å². The molecular weight excluding hydrogens is 182 g/mol. The van der Waals surface area contributed by atoms with Gasteiger partial charge in [-0.15, -0.1) is 11.3 Å². The molecule has 66 valence electrons. The van der Waals surface area contributed by atoms with Crippen LogP contribution in [0.1, 0.15) is 5.69 Å². The van der Waals surface area contributed by atoms with Crippen LogP contribution in [0.15, 0.2) is 29.9 Å². The average molecular weight is 191 g/mol. The number of aromatic nitrogens is 2. The SMILES string of the molecule is Cc1csc(Nc2cccnc2)n1. The quantitative estimate of drug-likeness (QED) is 0.792. The number of hydrogen-bond donors (Lipinski definition) is 1. The van der Waals surface area contributed by atoms with Crippen LogP contribution in [0.5, 0.6) is 0 Å². The Bertz CT molecular complexity index is 383. The summed E-state index contributed by atoms with van der Waals surface area (Å²) in [4.78, 5) is 8.29. The van der Waals surface area contributed by atoms with Crippen LogP contribution in [-0.4, -0.2) is 9.97 Å². The van der Waals surface area contributed by atoms with Gasteiger partial charge in [-0.1, -0.05) is 0 Å². The summed E-state index contributed by atoms with van der Waals surface area (Å²) in [5, 5.41) is 6.09. The van der Waals surface area contributed by atoms with Gasteiger partial charge in [-0.3, -0.25) is 4.98 Å². The lowest BCUT2D eigenvalue weighted by molar-refractivity contribution is 1.25. The second-order valence-corrected chi connectivity index (χ2v) is 3.52. The maximum absolute atomic E-state index is 4.29. The van der Waals surface area contributed by atoms with Crippen LogP contribution in [0.4, 0.5) is 10.8 Å². The van der Waals surface area contributed by atoms with E-state index in [1.54, 1.807) is 23.7 Å². The maximum atomic E-state index is 4.29. The second kappa shape index (κ2) is 3.53. The first-order valence-corrected chi connectivity index (χ1v) is 4.82. The molecule has 0 atom stereocenters. The molecule has 0 unspecified atom stereocenters. The Kier molecular flexibility index (Phi) is 2.23. The van der Waals surface area contributed by atoms with Crippen molar-refractivity contribution in [3.8, 4) is 0 Å². The van der Waals surface area contributed by atoms with Gasteiger partial charge >= 0.3 is 0 Å². The van der Waals surface area contributed by atoms with Crippen molar-refractivity contribution in [1.29, 1.82) is 0 Å². The lowest BCUT2D eigenvalue weighted by Gasteiger charge is -1.99. The van der Waals surface area contributed by atoms with Crippen LogP contribution in [0, 0.1) is 6.92 Å². The zero-order valence-corrected chi connectivity index (χ0v) is 8.01. The second-order valence-electron chi connectivity index (χ2n) is 2.66. The van der Waals surface area contributed by atoms with Gasteiger partial charge in [-0.25, -0.2) is 4.98 Å². The van der Waals surface area contributed by atoms with E-state index in [1.807, 2.05) is 24.4 Å². The Morgan fingerprint density at radius 1 is 1.46 bits per heavy atom. The molecule has 0 aliphatic rings. The molecule has 0 aliphatic heterocycles. The van der Waals surface area contributed by atoms with Crippen LogP contribution in [-0.2, 0) is 0 Å². The van der Waals surface area contributed by atoms with E-state index in [1.165, 1.54) is 0 Å². The monoisotopic (exact) mass is 191 g/mol. The van der Waals surface area contributed by atoms with Crippen LogP contribution >= 0.6 is 11.3 Å². The van der Waals surface area contributed by atoms with Crippen molar-refractivity contribution in [2.24, 2.45) is 0 Å². The third-order valence-corrected chi connectivity index (χ3v) is 2.41. The molecule has 1 N–H and O–H groups in total. The van der Waals surface area contributed by atoms with Crippen molar-refractivity contribution in [2.75, 3.05) is 5.32 Å². The molecule has 2 aromatic rings. The Labute approximate surface area is 80.5 Å². The molecule has 3 nitrogen and oxygen atoms in total. The highest BCUT2D eigenvalue weighted by Crippen LogP contribution is 2.19. The lowest BCUT2D eigenvalue weighted by Crippen LogP contribution is -1.89. The highest BCUT2D eigenvalue weighted by molar-refractivity contribution is 7.13. The molecule has 2 aromatic heterocycles. The van der Waals surface area contributed by atoms with Crippen LogP contribution in [0.25, 0.3) is 0 Å². The number of pyridine rings is 1. The maximum Gasteiger partial charge on any atom is 0.187 e. The van der Waals surface area contributed by atoms with E-state index < -0.39 is 0 Å². The number of nitrogens with one attached hydrogen (secondary N) is 1. The highest BCUT2D eigenvalue weighted by Gasteiger charge is 1.97. The van der Waals surface area contributed by atoms with Gasteiger partial charge in [-0.05, 0) is 19.1 Å². The molecule has 0 aromatic carbocycles. The van der Waals surface area contributed by atoms with Gasteiger partial charge in [0, 0.05) is 11.6 Å². The summed E-state index contributed by atoms with van der Waals surface area (Å²) in [6.07, 6.45) is 3.52. The minimum Gasteiger partial charge on any atom is -0.330 e. The van der Waals surface area contributed by atoms with E-state index in [4.69, 9.17) is 0 Å². The van der Waals surface area contributed by atoms with Gasteiger partial charge in [0.15, 0.2) is 5.13 Å². The molecule has 0 aliphatic carbocycles. The molecule has 0 bridgehead atoms. The summed E-state index contributed by atoms with van der Waals surface area (Å²) in [7, 11) is 0. The molecule has 0 radical (unpaired) electrons. The largest absolute Gasteiger partial charge is 0.330 e. The van der Waals surface area contributed by atoms with Crippen molar-refractivity contribution in [3.63, 3.8) is 0 Å². The van der Waals surface area contributed by atoms with Crippen molar-refractivity contribution < 1.29 is 0 Å². The lowest BCUT2D eigenvalue weighted by atomic mass is 10.4. The Morgan fingerprint density at radius 3 is 3.00 bits per heavy atom. The smallest absolute Gasteiger partial charge is 0.187 e. The zero-order valence-electron chi connectivity index (χ0n) is 7.19. The van der Waals surface area contributed by atoms with E-state index in [0.29, 0.717) is 0 Å². The summed E-state index contributed by atoms with van der Waals surface area (Å²) in [5.41, 5.74) is 2.01. The van der Waals surface area contributed by atoms with Crippen molar-refractivity contribution in [1.82, 2.24) is 9.97 Å². The third-order valence-electron chi connectivity index (χ3n) is 1.53. The van der Waals surface area contributed by atoms with Gasteiger partial charge in [-0.2, -0.15) is 0 Å². The number of anilines is 2. The summed E-state index contributed by atoms with van der Waals surface area (Å²) >= 11 is 1.59. The summed E-state index contributed by atoms with van der Waals surface area (Å²) in [5.74, 6) is 0. The molecule has 0 saturated carbocycles. The molecule has 2 heterocycles. The molecule has 2 rings (SSSR count). The fourth-order valence-corrected chi connectivity index (χ4v) is 1.68. The Balaban J connectivity index is 2.15. The molecule has 4 heteroatoms. The number of hydrogen-bond acceptors (Lipinski definition) is 4. The van der Waals surface area contributed by atoms with E-state index in [2.05, 4.69) is 15.3 Å². The summed E-state index contributed by atoms with van der Waals surface area (Å²) < 4.78 is 0. The normalized spacial score (nSPS) is 9.92. The van der Waals surface area contributed by atoms with Crippen LogP contribution < -0.4 is 5.32 Å². The fraction of sp³-hybridized carbons (Fsp3) is 0.111. The highest BCUT2D eigenvalue weighted by atomic mass is 32.1. The topological polar surface area (TPSA) is 37.8 Å². The number of thiazole rings is 1. The van der Waals surface area contributed by atoms with Gasteiger partial charge < -0.3 is 5.32 Å². The minimum absolute atomic E-state index is 0.908. The first kappa shape index (κ1) is 8.19. The standard InChI is InChI=1S/C9H9N3S/c1-7-6-13-9(11-7)12-8-3-2-4-10-5-8/h2-6H,1H3,(H,11,12). The first-order chi connectivity index (χ1) is 6.34. The van der Waals surface area contributed by atoms with E-state index in [9.17, 15) is 0 Å². The zero-order chi connectivity index (χ0) is 9.10. The molecule has 0 amide bonds. The van der Waals surface area contributed by atoms with Gasteiger partial charge in [0.2, 0.25) is 0 Å². The molecule has 0 fully saturated rings.